The van der Waals surface area contributed by atoms with Crippen LogP contribution in [0.2, 0.25) is 5.02 Å². The predicted molar refractivity (Wildman–Crippen MR) is 104 cm³/mol. The monoisotopic (exact) mass is 367 g/mol. The Morgan fingerprint density at radius 3 is 2.38 bits per heavy atom. The van der Waals surface area contributed by atoms with Gasteiger partial charge in [0.25, 0.3) is 5.91 Å². The summed E-state index contributed by atoms with van der Waals surface area (Å²) in [6.07, 6.45) is 1.68. The number of hydrogen-bond donors (Lipinski definition) is 2. The fourth-order valence-corrected chi connectivity index (χ4v) is 2.44. The first-order valence-electron chi connectivity index (χ1n) is 8.04. The van der Waals surface area contributed by atoms with Crippen LogP contribution in [0.15, 0.2) is 66.9 Å². The number of anilines is 2. The van der Waals surface area contributed by atoms with Crippen molar-refractivity contribution in [1.82, 2.24) is 4.98 Å². The third-order valence-electron chi connectivity index (χ3n) is 3.77. The zero-order chi connectivity index (χ0) is 18.4. The second-order valence-electron chi connectivity index (χ2n) is 5.59. The molecule has 0 saturated heterocycles. The summed E-state index contributed by atoms with van der Waals surface area (Å²) in [5.74, 6) is 1.09. The number of methoxy groups -OCH3 is 1. The van der Waals surface area contributed by atoms with Crippen LogP contribution in [0.4, 0.5) is 11.5 Å². The maximum Gasteiger partial charge on any atom is 0.256 e. The fraction of sp³-hybridized carbons (Fsp3) is 0.100. The number of aromatic nitrogens is 1. The molecule has 132 valence electrons. The van der Waals surface area contributed by atoms with Crippen LogP contribution in [0.5, 0.6) is 5.75 Å². The Bertz CT molecular complexity index is 863. The lowest BCUT2D eigenvalue weighted by atomic mass is 10.2. The van der Waals surface area contributed by atoms with Crippen LogP contribution in [-0.2, 0) is 6.54 Å². The Morgan fingerprint density at radius 2 is 1.77 bits per heavy atom. The highest BCUT2D eigenvalue weighted by molar-refractivity contribution is 6.30. The van der Waals surface area contributed by atoms with E-state index in [-0.39, 0.29) is 5.91 Å². The number of nitrogens with zero attached hydrogens (tertiary/aromatic N) is 1. The van der Waals surface area contributed by atoms with Crippen molar-refractivity contribution >= 4 is 29.0 Å². The van der Waals surface area contributed by atoms with Gasteiger partial charge < -0.3 is 15.4 Å². The van der Waals surface area contributed by atoms with Gasteiger partial charge in [-0.15, -0.1) is 0 Å². The fourth-order valence-electron chi connectivity index (χ4n) is 2.31. The Morgan fingerprint density at radius 1 is 1.04 bits per heavy atom. The van der Waals surface area contributed by atoms with E-state index in [9.17, 15) is 4.79 Å². The molecule has 1 aromatic heterocycles. The third-order valence-corrected chi connectivity index (χ3v) is 4.02. The van der Waals surface area contributed by atoms with Crippen molar-refractivity contribution in [1.29, 1.82) is 0 Å². The minimum absolute atomic E-state index is 0.229. The maximum atomic E-state index is 12.2. The number of benzene rings is 2. The molecule has 26 heavy (non-hydrogen) atoms. The number of rotatable bonds is 6. The van der Waals surface area contributed by atoms with E-state index in [0.29, 0.717) is 22.9 Å². The highest BCUT2D eigenvalue weighted by Crippen LogP contribution is 2.15. The summed E-state index contributed by atoms with van der Waals surface area (Å²) in [5.41, 5.74) is 2.52. The van der Waals surface area contributed by atoms with Crippen LogP contribution in [0.25, 0.3) is 0 Å². The van der Waals surface area contributed by atoms with Crippen LogP contribution >= 0.6 is 11.6 Å². The van der Waals surface area contributed by atoms with Crippen LogP contribution in [0.1, 0.15) is 15.9 Å². The summed E-state index contributed by atoms with van der Waals surface area (Å²) in [6.45, 7) is 0.669. The standard InChI is InChI=1S/C20H18ClN3O2/c1-26-18-9-2-14(3-10-18)12-22-17-8-11-19(23-13-17)24-20(25)15-4-6-16(21)7-5-15/h2-11,13,22H,12H2,1H3,(H,23,24,25). The summed E-state index contributed by atoms with van der Waals surface area (Å²) in [7, 11) is 1.65. The third kappa shape index (κ3) is 4.74. The van der Waals surface area contributed by atoms with Gasteiger partial charge in [0.15, 0.2) is 0 Å². The number of halogens is 1. The first-order valence-corrected chi connectivity index (χ1v) is 8.41. The average Bonchev–Trinajstić information content (AvgIpc) is 2.68. The second-order valence-corrected chi connectivity index (χ2v) is 6.03. The van der Waals surface area contributed by atoms with Crippen molar-refractivity contribution in [2.45, 2.75) is 6.54 Å². The molecular formula is C20H18ClN3O2. The SMILES string of the molecule is COc1ccc(CNc2ccc(NC(=O)c3ccc(Cl)cc3)nc2)cc1. The summed E-state index contributed by atoms with van der Waals surface area (Å²) < 4.78 is 5.14. The molecular weight excluding hydrogens is 350 g/mol. The van der Waals surface area contributed by atoms with Gasteiger partial charge in [-0.05, 0) is 54.1 Å². The highest BCUT2D eigenvalue weighted by Gasteiger charge is 2.06. The lowest BCUT2D eigenvalue weighted by Gasteiger charge is -2.09. The van der Waals surface area contributed by atoms with Crippen molar-refractivity contribution in [3.8, 4) is 5.75 Å². The minimum Gasteiger partial charge on any atom is -0.497 e. The van der Waals surface area contributed by atoms with Gasteiger partial charge in [-0.1, -0.05) is 23.7 Å². The van der Waals surface area contributed by atoms with Gasteiger partial charge in [-0.2, -0.15) is 0 Å². The Kier molecular flexibility index (Phi) is 5.71. The highest BCUT2D eigenvalue weighted by atomic mass is 35.5. The van der Waals surface area contributed by atoms with E-state index >= 15 is 0 Å². The van der Waals surface area contributed by atoms with Gasteiger partial charge in [-0.25, -0.2) is 4.98 Å². The smallest absolute Gasteiger partial charge is 0.256 e. The molecule has 0 fully saturated rings. The molecule has 5 nitrogen and oxygen atoms in total. The lowest BCUT2D eigenvalue weighted by Crippen LogP contribution is -2.12. The van der Waals surface area contributed by atoms with Gasteiger partial charge >= 0.3 is 0 Å². The Labute approximate surface area is 157 Å². The number of nitrogens with one attached hydrogen (secondary N) is 2. The van der Waals surface area contributed by atoms with Crippen LogP contribution in [0.3, 0.4) is 0 Å². The van der Waals surface area contributed by atoms with E-state index < -0.39 is 0 Å². The second kappa shape index (κ2) is 8.36. The number of carbonyl (C=O) groups excluding carboxylic acids is 1. The summed E-state index contributed by atoms with van der Waals surface area (Å²) in [4.78, 5) is 16.4. The number of ether oxygens (including phenoxy) is 1. The summed E-state index contributed by atoms with van der Waals surface area (Å²) in [5, 5.41) is 6.63. The molecule has 2 aromatic carbocycles. The van der Waals surface area contributed by atoms with Gasteiger partial charge in [0.05, 0.1) is 19.0 Å². The zero-order valence-corrected chi connectivity index (χ0v) is 15.0. The van der Waals surface area contributed by atoms with E-state index in [1.807, 2.05) is 30.3 Å². The van der Waals surface area contributed by atoms with E-state index in [1.54, 1.807) is 43.6 Å². The Balaban J connectivity index is 1.55. The molecule has 0 unspecified atom stereocenters. The van der Waals surface area contributed by atoms with Crippen LogP contribution < -0.4 is 15.4 Å². The molecule has 6 heteroatoms. The largest absolute Gasteiger partial charge is 0.497 e. The van der Waals surface area contributed by atoms with Crippen molar-refractivity contribution in [3.05, 3.63) is 83.0 Å². The predicted octanol–water partition coefficient (Wildman–Crippen LogP) is 4.61. The van der Waals surface area contributed by atoms with E-state index in [2.05, 4.69) is 15.6 Å². The normalized spacial score (nSPS) is 10.2. The molecule has 0 bridgehead atoms. The van der Waals surface area contributed by atoms with E-state index in [1.165, 1.54) is 0 Å². The number of amides is 1. The molecule has 0 aliphatic carbocycles. The molecule has 0 aliphatic heterocycles. The first kappa shape index (κ1) is 17.8. The molecule has 0 atom stereocenters. The molecule has 3 aromatic rings. The van der Waals surface area contributed by atoms with Crippen molar-refractivity contribution in [2.24, 2.45) is 0 Å². The van der Waals surface area contributed by atoms with E-state index in [0.717, 1.165) is 17.0 Å². The molecule has 0 aliphatic rings. The van der Waals surface area contributed by atoms with Gasteiger partial charge in [0.1, 0.15) is 11.6 Å². The number of pyridine rings is 1. The van der Waals surface area contributed by atoms with Crippen LogP contribution in [0, 0.1) is 0 Å². The summed E-state index contributed by atoms with van der Waals surface area (Å²) in [6, 6.07) is 18.2. The molecule has 0 saturated carbocycles. The van der Waals surface area contributed by atoms with Gasteiger partial charge in [-0.3, -0.25) is 4.79 Å². The lowest BCUT2D eigenvalue weighted by molar-refractivity contribution is 0.102. The quantitative estimate of drug-likeness (QED) is 0.668. The topological polar surface area (TPSA) is 63.2 Å². The van der Waals surface area contributed by atoms with Gasteiger partial charge in [0, 0.05) is 17.1 Å². The molecule has 2 N–H and O–H groups in total. The number of hydrogen-bond acceptors (Lipinski definition) is 4. The average molecular weight is 368 g/mol. The Hall–Kier alpha value is -3.05. The molecule has 3 rings (SSSR count). The summed E-state index contributed by atoms with van der Waals surface area (Å²) >= 11 is 5.83. The maximum absolute atomic E-state index is 12.2. The molecule has 1 amide bonds. The van der Waals surface area contributed by atoms with Crippen molar-refractivity contribution in [3.63, 3.8) is 0 Å². The number of carbonyl (C=O) groups is 1. The van der Waals surface area contributed by atoms with Crippen LogP contribution in [-0.4, -0.2) is 18.0 Å². The van der Waals surface area contributed by atoms with Crippen molar-refractivity contribution in [2.75, 3.05) is 17.7 Å². The first-order chi connectivity index (χ1) is 12.6. The molecule has 0 spiro atoms. The zero-order valence-electron chi connectivity index (χ0n) is 14.2. The molecule has 0 radical (unpaired) electrons. The van der Waals surface area contributed by atoms with E-state index in [4.69, 9.17) is 16.3 Å². The van der Waals surface area contributed by atoms with Crippen molar-refractivity contribution < 1.29 is 9.53 Å². The molecule has 1 heterocycles. The van der Waals surface area contributed by atoms with Gasteiger partial charge in [0.2, 0.25) is 0 Å². The minimum atomic E-state index is -0.229.